The average Bonchev–Trinajstić information content (AvgIpc) is 3.05. The second-order valence-electron chi connectivity index (χ2n) is 4.71. The number of anilines is 1. The molecule has 6 heteroatoms. The molecule has 3 aromatic heterocycles. The molecule has 102 valence electrons. The van der Waals surface area contributed by atoms with Gasteiger partial charge in [-0.25, -0.2) is 9.97 Å². The Morgan fingerprint density at radius 1 is 1.30 bits per heavy atom. The molecule has 0 fully saturated rings. The molecule has 2 N–H and O–H groups in total. The van der Waals surface area contributed by atoms with Crippen molar-refractivity contribution in [2.24, 2.45) is 7.05 Å². The molecule has 0 unspecified atom stereocenters. The predicted octanol–water partition coefficient (Wildman–Crippen LogP) is 1.50. The minimum absolute atomic E-state index is 0.516. The number of aryl methyl sites for hydroxylation is 3. The highest BCUT2D eigenvalue weighted by Gasteiger charge is 2.06. The smallest absolute Gasteiger partial charge is 0.123 e. The fourth-order valence-corrected chi connectivity index (χ4v) is 2.20. The van der Waals surface area contributed by atoms with Crippen molar-refractivity contribution in [1.82, 2.24) is 24.3 Å². The number of nitrogens with two attached hydrogens (primary N) is 1. The van der Waals surface area contributed by atoms with E-state index in [2.05, 4.69) is 19.6 Å². The normalized spacial score (nSPS) is 10.8. The van der Waals surface area contributed by atoms with Crippen molar-refractivity contribution in [2.45, 2.75) is 13.0 Å². The van der Waals surface area contributed by atoms with Crippen molar-refractivity contribution in [3.05, 3.63) is 48.8 Å². The van der Waals surface area contributed by atoms with Gasteiger partial charge in [-0.3, -0.25) is 4.68 Å². The summed E-state index contributed by atoms with van der Waals surface area (Å²) in [7, 11) is 1.92. The van der Waals surface area contributed by atoms with Crippen LogP contribution >= 0.6 is 0 Å². The van der Waals surface area contributed by atoms with Crippen LogP contribution in [-0.2, 0) is 20.0 Å². The number of nitrogen functional groups attached to an aromatic ring is 1. The average molecular weight is 268 g/mol. The van der Waals surface area contributed by atoms with E-state index in [9.17, 15) is 0 Å². The summed E-state index contributed by atoms with van der Waals surface area (Å²) in [5.74, 6) is 0.516. The summed E-state index contributed by atoms with van der Waals surface area (Å²) in [5.41, 5.74) is 9.01. The van der Waals surface area contributed by atoms with Crippen molar-refractivity contribution >= 4 is 5.82 Å². The lowest BCUT2D eigenvalue weighted by Crippen LogP contribution is -2.02. The maximum Gasteiger partial charge on any atom is 0.123 e. The molecule has 3 aromatic rings. The van der Waals surface area contributed by atoms with E-state index in [-0.39, 0.29) is 0 Å². The fourth-order valence-electron chi connectivity index (χ4n) is 2.20. The lowest BCUT2D eigenvalue weighted by Gasteiger charge is -2.07. The SMILES string of the molecule is Cn1cc(CCn2cncc2-c2ccnc(N)c2)cn1. The van der Waals surface area contributed by atoms with E-state index in [0.717, 1.165) is 24.2 Å². The Bertz CT molecular complexity index is 712. The summed E-state index contributed by atoms with van der Waals surface area (Å²) in [6, 6.07) is 3.80. The van der Waals surface area contributed by atoms with Gasteiger partial charge in [-0.15, -0.1) is 0 Å². The van der Waals surface area contributed by atoms with Gasteiger partial charge in [0.1, 0.15) is 5.82 Å². The Morgan fingerprint density at radius 3 is 2.95 bits per heavy atom. The Balaban J connectivity index is 1.80. The zero-order chi connectivity index (χ0) is 13.9. The van der Waals surface area contributed by atoms with E-state index >= 15 is 0 Å². The van der Waals surface area contributed by atoms with Crippen molar-refractivity contribution in [3.8, 4) is 11.3 Å². The lowest BCUT2D eigenvalue weighted by molar-refractivity contribution is 0.700. The van der Waals surface area contributed by atoms with E-state index in [1.54, 1.807) is 6.20 Å². The largest absolute Gasteiger partial charge is 0.384 e. The van der Waals surface area contributed by atoms with Crippen LogP contribution < -0.4 is 5.73 Å². The molecule has 3 heterocycles. The molecule has 0 atom stereocenters. The summed E-state index contributed by atoms with van der Waals surface area (Å²) in [4.78, 5) is 8.24. The molecule has 0 aromatic carbocycles. The molecular formula is C14H16N6. The van der Waals surface area contributed by atoms with E-state index in [1.807, 2.05) is 48.8 Å². The van der Waals surface area contributed by atoms with Crippen molar-refractivity contribution in [1.29, 1.82) is 0 Å². The third-order valence-corrected chi connectivity index (χ3v) is 3.19. The highest BCUT2D eigenvalue weighted by molar-refractivity contribution is 5.61. The minimum atomic E-state index is 0.516. The molecule has 0 spiro atoms. The van der Waals surface area contributed by atoms with Crippen molar-refractivity contribution in [2.75, 3.05) is 5.73 Å². The van der Waals surface area contributed by atoms with Crippen LogP contribution in [0.4, 0.5) is 5.82 Å². The van der Waals surface area contributed by atoms with Crippen LogP contribution in [-0.4, -0.2) is 24.3 Å². The van der Waals surface area contributed by atoms with Crippen LogP contribution in [0.2, 0.25) is 0 Å². The summed E-state index contributed by atoms with van der Waals surface area (Å²) < 4.78 is 3.93. The molecule has 0 amide bonds. The molecule has 0 aliphatic rings. The quantitative estimate of drug-likeness (QED) is 0.778. The summed E-state index contributed by atoms with van der Waals surface area (Å²) in [5, 5.41) is 4.18. The van der Waals surface area contributed by atoms with Gasteiger partial charge in [0.25, 0.3) is 0 Å². The molecular weight excluding hydrogens is 252 g/mol. The summed E-state index contributed by atoms with van der Waals surface area (Å²) in [6.45, 7) is 0.850. The van der Waals surface area contributed by atoms with Gasteiger partial charge in [-0.1, -0.05) is 0 Å². The van der Waals surface area contributed by atoms with E-state index in [1.165, 1.54) is 5.56 Å². The van der Waals surface area contributed by atoms with Gasteiger partial charge in [-0.05, 0) is 24.1 Å². The molecule has 6 nitrogen and oxygen atoms in total. The second kappa shape index (κ2) is 5.16. The van der Waals surface area contributed by atoms with Crippen LogP contribution in [0, 0.1) is 0 Å². The number of aromatic nitrogens is 5. The first-order chi connectivity index (χ1) is 9.72. The Labute approximate surface area is 116 Å². The van der Waals surface area contributed by atoms with Crippen LogP contribution in [0.25, 0.3) is 11.3 Å². The Morgan fingerprint density at radius 2 is 2.20 bits per heavy atom. The van der Waals surface area contributed by atoms with Crippen LogP contribution in [0.3, 0.4) is 0 Å². The first-order valence-electron chi connectivity index (χ1n) is 6.42. The lowest BCUT2D eigenvalue weighted by atomic mass is 10.2. The summed E-state index contributed by atoms with van der Waals surface area (Å²) >= 11 is 0. The monoisotopic (exact) mass is 268 g/mol. The minimum Gasteiger partial charge on any atom is -0.384 e. The number of hydrogen-bond acceptors (Lipinski definition) is 4. The number of nitrogens with zero attached hydrogens (tertiary/aromatic N) is 5. The molecule has 0 bridgehead atoms. The van der Waals surface area contributed by atoms with E-state index < -0.39 is 0 Å². The predicted molar refractivity (Wildman–Crippen MR) is 76.8 cm³/mol. The zero-order valence-electron chi connectivity index (χ0n) is 11.3. The highest BCUT2D eigenvalue weighted by Crippen LogP contribution is 2.20. The van der Waals surface area contributed by atoms with Crippen molar-refractivity contribution < 1.29 is 0 Å². The molecule has 20 heavy (non-hydrogen) atoms. The van der Waals surface area contributed by atoms with Gasteiger partial charge in [0.15, 0.2) is 0 Å². The molecule has 3 rings (SSSR count). The third-order valence-electron chi connectivity index (χ3n) is 3.19. The third kappa shape index (κ3) is 2.54. The molecule has 0 aliphatic heterocycles. The van der Waals surface area contributed by atoms with Gasteiger partial charge in [0, 0.05) is 31.5 Å². The molecule has 0 aliphatic carbocycles. The van der Waals surface area contributed by atoms with Gasteiger partial charge < -0.3 is 10.3 Å². The first kappa shape index (κ1) is 12.4. The van der Waals surface area contributed by atoms with E-state index in [4.69, 9.17) is 5.73 Å². The first-order valence-corrected chi connectivity index (χ1v) is 6.42. The number of imidazole rings is 1. The maximum absolute atomic E-state index is 5.73. The van der Waals surface area contributed by atoms with Gasteiger partial charge in [0.2, 0.25) is 0 Å². The second-order valence-corrected chi connectivity index (χ2v) is 4.71. The fraction of sp³-hybridized carbons (Fsp3) is 0.214. The van der Waals surface area contributed by atoms with Gasteiger partial charge in [-0.2, -0.15) is 5.10 Å². The van der Waals surface area contributed by atoms with E-state index in [0.29, 0.717) is 5.82 Å². The maximum atomic E-state index is 5.73. The standard InChI is InChI=1S/C14H16N6/c1-19-9-11(7-18-19)3-5-20-10-16-8-13(20)12-2-4-17-14(15)6-12/h2,4,6-10H,3,5H2,1H3,(H2,15,17). The van der Waals surface area contributed by atoms with Gasteiger partial charge in [0.05, 0.1) is 24.4 Å². The Kier molecular flexibility index (Phi) is 3.20. The van der Waals surface area contributed by atoms with Crippen LogP contribution in [0.5, 0.6) is 0 Å². The number of pyridine rings is 1. The zero-order valence-corrected chi connectivity index (χ0v) is 11.3. The number of hydrogen-bond donors (Lipinski definition) is 1. The topological polar surface area (TPSA) is 74.5 Å². The van der Waals surface area contributed by atoms with Crippen LogP contribution in [0.1, 0.15) is 5.56 Å². The summed E-state index contributed by atoms with van der Waals surface area (Å²) in [6.07, 6.45) is 10.2. The highest BCUT2D eigenvalue weighted by atomic mass is 15.2. The van der Waals surface area contributed by atoms with Crippen LogP contribution in [0.15, 0.2) is 43.2 Å². The van der Waals surface area contributed by atoms with Crippen molar-refractivity contribution in [3.63, 3.8) is 0 Å². The molecule has 0 radical (unpaired) electrons. The molecule has 0 saturated carbocycles. The van der Waals surface area contributed by atoms with Gasteiger partial charge >= 0.3 is 0 Å². The molecule has 0 saturated heterocycles. The Hall–Kier alpha value is -2.63. The number of rotatable bonds is 4.